The summed E-state index contributed by atoms with van der Waals surface area (Å²) in [5.41, 5.74) is 2.95. The van der Waals surface area contributed by atoms with Crippen molar-refractivity contribution in [2.45, 2.75) is 75.1 Å². The monoisotopic (exact) mass is 1120 g/mol. The fourth-order valence-corrected chi connectivity index (χ4v) is 10.6. The molecule has 5 aliphatic rings. The maximum Gasteiger partial charge on any atom is 0.490 e. The first-order valence-corrected chi connectivity index (χ1v) is 25.8. The molecular formula is C51H51Cl2F5N6O11S. The van der Waals surface area contributed by atoms with E-state index in [1.807, 2.05) is 48.5 Å². The zero-order chi connectivity index (χ0) is 54.3. The third kappa shape index (κ3) is 14.5. The summed E-state index contributed by atoms with van der Waals surface area (Å²) in [7, 11) is 1.69. The van der Waals surface area contributed by atoms with Crippen LogP contribution in [0.1, 0.15) is 76.3 Å². The molecule has 6 heterocycles. The van der Waals surface area contributed by atoms with Crippen LogP contribution in [-0.2, 0) is 39.1 Å². The van der Waals surface area contributed by atoms with Gasteiger partial charge in [0, 0.05) is 37.9 Å². The summed E-state index contributed by atoms with van der Waals surface area (Å²) in [6.45, 7) is 0.243. The average Bonchev–Trinajstić information content (AvgIpc) is 3.95. The van der Waals surface area contributed by atoms with Crippen LogP contribution in [0.3, 0.4) is 0 Å². The molecule has 0 spiro atoms. The minimum absolute atomic E-state index is 0.0149. The molecule has 0 radical (unpaired) electrons. The molecule has 406 valence electrons. The van der Waals surface area contributed by atoms with Gasteiger partial charge in [0.05, 0.1) is 18.3 Å². The number of carbonyl (C=O) groups excluding carboxylic acids is 3. The minimum Gasteiger partial charge on any atom is -0.619 e. The lowest BCUT2D eigenvalue weighted by molar-refractivity contribution is -0.605. The summed E-state index contributed by atoms with van der Waals surface area (Å²) in [5, 5.41) is 25.7. The van der Waals surface area contributed by atoms with Crippen molar-refractivity contribution >= 4 is 58.9 Å². The molecule has 10 rings (SSSR count). The number of esters is 1. The largest absolute Gasteiger partial charge is 0.619 e. The van der Waals surface area contributed by atoms with Gasteiger partial charge in [-0.1, -0.05) is 71.7 Å². The number of alkyl halides is 5. The lowest BCUT2D eigenvalue weighted by atomic mass is 9.86. The predicted octanol–water partition coefficient (Wildman–Crippen LogP) is 8.91. The Kier molecular flexibility index (Phi) is 18.0. The van der Waals surface area contributed by atoms with Crippen molar-refractivity contribution in [1.29, 1.82) is 0 Å². The second kappa shape index (κ2) is 24.6. The zero-order valence-corrected chi connectivity index (χ0v) is 42.8. The molecule has 4 aliphatic heterocycles. The number of alkyl carbamates (subject to hydrolysis) is 1. The first-order valence-electron chi connectivity index (χ1n) is 24.0. The van der Waals surface area contributed by atoms with Crippen LogP contribution < -0.4 is 24.3 Å². The number of aliphatic carboxylic acids is 1. The number of nitrogens with zero attached hydrogens (tertiary/aromatic N) is 5. The van der Waals surface area contributed by atoms with E-state index in [-0.39, 0.29) is 65.4 Å². The predicted molar refractivity (Wildman–Crippen MR) is 265 cm³/mol. The molecule has 4 atom stereocenters. The number of piperidine rings is 3. The highest BCUT2D eigenvalue weighted by Gasteiger charge is 2.41. The quantitative estimate of drug-likeness (QED) is 0.0365. The third-order valence-corrected chi connectivity index (χ3v) is 14.9. The Bertz CT molecular complexity index is 2850. The number of ether oxygens (including phenoxy) is 5. The maximum atomic E-state index is 14.2. The maximum absolute atomic E-state index is 14.2. The molecule has 1 aliphatic carbocycles. The van der Waals surface area contributed by atoms with Gasteiger partial charge in [-0.25, -0.2) is 14.4 Å². The molecular weight excluding hydrogens is 1070 g/mol. The van der Waals surface area contributed by atoms with Gasteiger partial charge < -0.3 is 44.2 Å². The lowest BCUT2D eigenvalue weighted by Crippen LogP contribution is -2.52. The molecule has 2 bridgehead atoms. The van der Waals surface area contributed by atoms with E-state index in [0.29, 0.717) is 39.0 Å². The highest BCUT2D eigenvalue weighted by Crippen LogP contribution is 2.39. The fourth-order valence-electron chi connectivity index (χ4n) is 8.91. The Morgan fingerprint density at radius 2 is 1.59 bits per heavy atom. The van der Waals surface area contributed by atoms with Crippen LogP contribution in [0.2, 0.25) is 10.0 Å². The number of thioether (sulfide) groups is 1. The van der Waals surface area contributed by atoms with E-state index in [1.165, 1.54) is 39.5 Å². The second-order valence-electron chi connectivity index (χ2n) is 18.4. The van der Waals surface area contributed by atoms with Gasteiger partial charge in [-0.3, -0.25) is 14.4 Å². The van der Waals surface area contributed by atoms with Crippen molar-refractivity contribution in [2.24, 2.45) is 18.9 Å². The molecule has 2 N–H and O–H groups in total. The molecule has 5 aromatic rings. The molecule has 2 amide bonds. The van der Waals surface area contributed by atoms with Crippen molar-refractivity contribution < 1.29 is 74.7 Å². The number of nitrogens with one attached hydrogen (secondary N) is 1. The van der Waals surface area contributed by atoms with Crippen LogP contribution in [-0.4, -0.2) is 111 Å². The number of rotatable bonds is 18. The summed E-state index contributed by atoms with van der Waals surface area (Å²) < 4.78 is 89.6. The Morgan fingerprint density at radius 1 is 0.895 bits per heavy atom. The number of hydrogen-bond acceptors (Lipinski definition) is 13. The normalized spacial score (nSPS) is 19.7. The molecule has 17 nitrogen and oxygen atoms in total. The van der Waals surface area contributed by atoms with Crippen LogP contribution in [0.25, 0.3) is 0 Å². The van der Waals surface area contributed by atoms with E-state index in [4.69, 9.17) is 56.8 Å². The average molecular weight is 1120 g/mol. The number of carbonyl (C=O) groups is 4. The fraction of sp³-hybridized carbons (Fsp3) is 0.412. The number of pyridine rings is 1. The summed E-state index contributed by atoms with van der Waals surface area (Å²) in [6.07, 6.45) is -0.793. The van der Waals surface area contributed by atoms with Crippen LogP contribution in [0.15, 0.2) is 91.3 Å². The Hall–Kier alpha value is -6.56. The van der Waals surface area contributed by atoms with Crippen LogP contribution in [0.5, 0.6) is 17.2 Å². The number of carboxylic acid groups (broad SMARTS) is 1. The topological polar surface area (TPSA) is 198 Å². The van der Waals surface area contributed by atoms with E-state index >= 15 is 0 Å². The van der Waals surface area contributed by atoms with Gasteiger partial charge in [0.25, 0.3) is 5.91 Å². The highest BCUT2D eigenvalue weighted by atomic mass is 35.5. The van der Waals surface area contributed by atoms with E-state index in [9.17, 15) is 41.5 Å². The Morgan fingerprint density at radius 3 is 2.24 bits per heavy atom. The number of hydrogen-bond donors (Lipinski definition) is 2. The summed E-state index contributed by atoms with van der Waals surface area (Å²) in [4.78, 5) is 54.4. The number of aromatic nitrogens is 3. The first-order chi connectivity index (χ1) is 36.3. The van der Waals surface area contributed by atoms with E-state index < -0.39 is 54.2 Å². The number of halogens is 7. The molecule has 2 aromatic heterocycles. The molecule has 4 saturated heterocycles. The Labute approximate surface area is 446 Å². The van der Waals surface area contributed by atoms with Crippen molar-refractivity contribution in [3.63, 3.8) is 0 Å². The third-order valence-electron chi connectivity index (χ3n) is 13.1. The number of amides is 2. The van der Waals surface area contributed by atoms with Crippen molar-refractivity contribution in [1.82, 2.24) is 24.9 Å². The summed E-state index contributed by atoms with van der Waals surface area (Å²) >= 11 is 14.1. The summed E-state index contributed by atoms with van der Waals surface area (Å²) in [5.74, 6) is -2.60. The number of benzene rings is 3. The van der Waals surface area contributed by atoms with E-state index in [2.05, 4.69) is 15.3 Å². The van der Waals surface area contributed by atoms with Crippen LogP contribution >= 0.6 is 35.0 Å². The molecule has 25 heteroatoms. The van der Waals surface area contributed by atoms with Gasteiger partial charge in [0.15, 0.2) is 35.0 Å². The smallest absolute Gasteiger partial charge is 0.490 e. The highest BCUT2D eigenvalue weighted by molar-refractivity contribution is 8.00. The molecule has 1 saturated carbocycles. The van der Waals surface area contributed by atoms with Gasteiger partial charge in [0.1, 0.15) is 34.6 Å². The van der Waals surface area contributed by atoms with Gasteiger partial charge in [0.2, 0.25) is 0 Å². The first kappa shape index (κ1) is 55.7. The number of aryl methyl sites for hydroxylation is 1. The minimum atomic E-state index is -5.08. The summed E-state index contributed by atoms with van der Waals surface area (Å²) in [6, 6.07) is 22.4. The standard InChI is InChI=1S/C49H50Cl2F2N6O9S.C2HF3O2/c1-56-34(28-64-35-9-5-8-33(20-35)44(31-6-3-2-4-7-31)54-49(62)68-43-26-57-16-14-30(43)15-17-57)22-39(55-56)45(60)59-18-19-69-46(59)47(61)66-41(23-36-37(50)24-58(63)25-38(36)51)32-12-13-40(67-48(52)53)42(21-32)65-27-29-10-11-29;3-2(4,5)1(6)7/h2-9,12-13,20-22,24-25,29-30,41,43-44,46,48H,10-11,14-19,23,26-28H2,1H3,(H,54,62);(H,6,7)/t41-,43-,44-,46-;/m0./s1. The van der Waals surface area contributed by atoms with Gasteiger partial charge in [-0.15, -0.1) is 11.8 Å². The van der Waals surface area contributed by atoms with Crippen molar-refractivity contribution in [3.05, 3.63) is 140 Å². The van der Waals surface area contributed by atoms with Gasteiger partial charge >= 0.3 is 30.8 Å². The SMILES string of the molecule is Cn1nc(C(=O)N2CCS[C@H]2C(=O)O[C@@H](Cc2c(Cl)c[n+]([O-])cc2Cl)c2ccc(OC(F)F)c(OCC3CC3)c2)cc1COc1cccc([C@@H](NC(=O)O[C@H]2CN3CCC2CC3)c2ccccc2)c1.O=C(O)C(F)(F)F. The van der Waals surface area contributed by atoms with Gasteiger partial charge in [-0.05, 0) is 97.6 Å². The van der Waals surface area contributed by atoms with Crippen molar-refractivity contribution in [3.8, 4) is 17.2 Å². The van der Waals surface area contributed by atoms with Gasteiger partial charge in [-0.2, -0.15) is 31.8 Å². The second-order valence-corrected chi connectivity index (χ2v) is 20.4. The molecule has 76 heavy (non-hydrogen) atoms. The zero-order valence-electron chi connectivity index (χ0n) is 40.5. The van der Waals surface area contributed by atoms with Crippen LogP contribution in [0.4, 0.5) is 26.7 Å². The van der Waals surface area contributed by atoms with E-state index in [1.54, 1.807) is 19.2 Å². The number of carboxylic acids is 1. The molecule has 5 fully saturated rings. The molecule has 0 unspecified atom stereocenters. The van der Waals surface area contributed by atoms with E-state index in [0.717, 1.165) is 68.8 Å². The molecule has 3 aromatic carbocycles. The van der Waals surface area contributed by atoms with Crippen molar-refractivity contribution in [2.75, 3.05) is 38.5 Å². The number of fused-ring (bicyclic) bond motifs is 3. The Balaban J connectivity index is 0.00000102. The van der Waals surface area contributed by atoms with Crippen LogP contribution in [0, 0.1) is 17.0 Å². The lowest BCUT2D eigenvalue weighted by Gasteiger charge is -2.43.